The van der Waals surface area contributed by atoms with E-state index in [1.807, 2.05) is 27.7 Å². The van der Waals surface area contributed by atoms with Gasteiger partial charge in [-0.25, -0.2) is 0 Å². The van der Waals surface area contributed by atoms with Crippen LogP contribution in [0.25, 0.3) is 0 Å². The lowest BCUT2D eigenvalue weighted by atomic mass is 9.52. The van der Waals surface area contributed by atoms with Gasteiger partial charge in [-0.15, -0.1) is 0 Å². The Hall–Kier alpha value is 0. The van der Waals surface area contributed by atoms with Gasteiger partial charge in [0.2, 0.25) is 0 Å². The summed E-state index contributed by atoms with van der Waals surface area (Å²) < 4.78 is 0. The summed E-state index contributed by atoms with van der Waals surface area (Å²) in [6, 6.07) is 0. The summed E-state index contributed by atoms with van der Waals surface area (Å²) in [5.74, 6) is 2.02. The molecule has 0 saturated heterocycles. The Morgan fingerprint density at radius 3 is 1.77 bits per heavy atom. The van der Waals surface area contributed by atoms with Gasteiger partial charge in [0.05, 0.1) is 0 Å². The highest BCUT2D eigenvalue weighted by Gasteiger charge is 2.62. The molecule has 0 aromatic rings. The molecule has 0 nitrogen and oxygen atoms in total. The highest BCUT2D eigenvalue weighted by molar-refractivity contribution is 5.12. The molecular formula is C30H64. The van der Waals surface area contributed by atoms with Crippen LogP contribution in [-0.4, -0.2) is 0 Å². The van der Waals surface area contributed by atoms with Crippen LogP contribution in [0, 0.1) is 33.5 Å². The highest BCUT2D eigenvalue weighted by atomic mass is 14.7. The van der Waals surface area contributed by atoms with Crippen molar-refractivity contribution in [2.75, 3.05) is 0 Å². The summed E-state index contributed by atoms with van der Waals surface area (Å²) in [6.07, 6.45) is 16.2. The Kier molecular flexibility index (Phi) is 14.5. The van der Waals surface area contributed by atoms with Crippen molar-refractivity contribution in [1.82, 2.24) is 0 Å². The number of hydrogen-bond acceptors (Lipinski definition) is 0. The smallest absolute Gasteiger partial charge is 0.0241 e. The largest absolute Gasteiger partial charge is 0.0776 e. The molecule has 30 heavy (non-hydrogen) atoms. The average molecular weight is 425 g/mol. The normalized spacial score (nSPS) is 36.4. The van der Waals surface area contributed by atoms with Gasteiger partial charge in [0.1, 0.15) is 0 Å². The van der Waals surface area contributed by atoms with E-state index in [4.69, 9.17) is 0 Å². The van der Waals surface area contributed by atoms with Crippen LogP contribution in [0.15, 0.2) is 0 Å². The summed E-state index contributed by atoms with van der Waals surface area (Å²) in [7, 11) is 0. The minimum atomic E-state index is 0. The fourth-order valence-electron chi connectivity index (χ4n) is 7.04. The Morgan fingerprint density at radius 2 is 1.30 bits per heavy atom. The number of hydrogen-bond donors (Lipinski definition) is 0. The molecule has 3 saturated carbocycles. The third-order valence-electron chi connectivity index (χ3n) is 8.76. The molecule has 5 unspecified atom stereocenters. The van der Waals surface area contributed by atoms with E-state index in [0.29, 0.717) is 21.7 Å². The van der Waals surface area contributed by atoms with Gasteiger partial charge in [-0.05, 0) is 78.4 Å². The maximum atomic E-state index is 2.68. The third-order valence-corrected chi connectivity index (χ3v) is 8.76. The summed E-state index contributed by atoms with van der Waals surface area (Å²) >= 11 is 0. The standard InChI is InChI=1S/C22H40.C3H8.2C2H6.CH4/c1-7-8-10-17-18-15-22(19(2,3)4)12-9-11-20(17,5)13-14-21(18,6)16-22;1-3-2;2*1-2;/h17-18H,7-16H2,1-6H3;3H2,1-2H3;2*1-2H3;1H4. The van der Waals surface area contributed by atoms with Crippen molar-refractivity contribution < 1.29 is 0 Å². The van der Waals surface area contributed by atoms with Crippen molar-refractivity contribution in [3.8, 4) is 0 Å². The predicted molar refractivity (Wildman–Crippen MR) is 142 cm³/mol. The second kappa shape index (κ2) is 13.5. The van der Waals surface area contributed by atoms with E-state index in [-0.39, 0.29) is 7.43 Å². The van der Waals surface area contributed by atoms with E-state index in [1.165, 1.54) is 70.6 Å². The first kappa shape index (κ1) is 32.2. The molecule has 3 aliphatic rings. The van der Waals surface area contributed by atoms with Gasteiger partial charge in [0.15, 0.2) is 0 Å². The maximum Gasteiger partial charge on any atom is -0.0241 e. The molecule has 5 atom stereocenters. The zero-order valence-electron chi connectivity index (χ0n) is 22.9. The van der Waals surface area contributed by atoms with Crippen molar-refractivity contribution in [1.29, 1.82) is 0 Å². The molecular weight excluding hydrogens is 360 g/mol. The van der Waals surface area contributed by atoms with Crippen LogP contribution in [-0.2, 0) is 0 Å². The maximum absolute atomic E-state index is 2.68. The zero-order valence-corrected chi connectivity index (χ0v) is 22.9. The highest BCUT2D eigenvalue weighted by Crippen LogP contribution is 2.72. The Labute approximate surface area is 194 Å². The molecule has 0 aliphatic heterocycles. The molecule has 0 heterocycles. The Morgan fingerprint density at radius 1 is 0.800 bits per heavy atom. The van der Waals surface area contributed by atoms with Crippen LogP contribution in [0.1, 0.15) is 161 Å². The Bertz CT molecular complexity index is 430. The molecule has 184 valence electrons. The summed E-state index contributed by atoms with van der Waals surface area (Å²) in [5.41, 5.74) is 2.42. The van der Waals surface area contributed by atoms with Gasteiger partial charge in [0, 0.05) is 0 Å². The fraction of sp³-hybridized carbons (Fsp3) is 1.00. The van der Waals surface area contributed by atoms with E-state index in [2.05, 4.69) is 55.4 Å². The molecule has 0 spiro atoms. The average Bonchev–Trinajstić information content (AvgIpc) is 3.02. The van der Waals surface area contributed by atoms with Gasteiger partial charge >= 0.3 is 0 Å². The monoisotopic (exact) mass is 425 g/mol. The van der Waals surface area contributed by atoms with E-state index in [1.54, 1.807) is 0 Å². The van der Waals surface area contributed by atoms with Crippen LogP contribution < -0.4 is 0 Å². The summed E-state index contributed by atoms with van der Waals surface area (Å²) in [4.78, 5) is 0. The van der Waals surface area contributed by atoms with E-state index >= 15 is 0 Å². The van der Waals surface area contributed by atoms with Gasteiger partial charge < -0.3 is 0 Å². The second-order valence-corrected chi connectivity index (χ2v) is 11.6. The van der Waals surface area contributed by atoms with Crippen LogP contribution >= 0.6 is 0 Å². The van der Waals surface area contributed by atoms with Gasteiger partial charge in [-0.2, -0.15) is 0 Å². The molecule has 3 rings (SSSR count). The molecule has 3 bridgehead atoms. The molecule has 0 radical (unpaired) electrons. The van der Waals surface area contributed by atoms with Crippen LogP contribution in [0.2, 0.25) is 0 Å². The number of fused-ring (bicyclic) bond motifs is 2. The SMILES string of the molecule is C.CC.CC.CCC.CCCCC1C2CC3(C(C)(C)C)CCCC1(C)CCC2(C)C3. The first-order valence-electron chi connectivity index (χ1n) is 13.6. The summed E-state index contributed by atoms with van der Waals surface area (Å²) in [6.45, 7) is 27.6. The van der Waals surface area contributed by atoms with Crippen LogP contribution in [0.4, 0.5) is 0 Å². The molecule has 0 heteroatoms. The van der Waals surface area contributed by atoms with Gasteiger partial charge in [0.25, 0.3) is 0 Å². The fourth-order valence-corrected chi connectivity index (χ4v) is 7.04. The quantitative estimate of drug-likeness (QED) is 0.422. The molecule has 0 aromatic carbocycles. The van der Waals surface area contributed by atoms with Crippen molar-refractivity contribution >= 4 is 0 Å². The second-order valence-electron chi connectivity index (χ2n) is 11.6. The molecule has 0 amide bonds. The lowest BCUT2D eigenvalue weighted by molar-refractivity contribution is -0.0360. The minimum absolute atomic E-state index is 0. The number of unbranched alkanes of at least 4 members (excludes halogenated alkanes) is 1. The molecule has 3 aliphatic carbocycles. The minimum Gasteiger partial charge on any atom is -0.0776 e. The first-order valence-corrected chi connectivity index (χ1v) is 13.6. The molecule has 0 N–H and O–H groups in total. The predicted octanol–water partition coefficient (Wildman–Crippen LogP) is 11.3. The van der Waals surface area contributed by atoms with E-state index in [9.17, 15) is 0 Å². The van der Waals surface area contributed by atoms with Crippen molar-refractivity contribution in [2.24, 2.45) is 33.5 Å². The first-order chi connectivity index (χ1) is 13.6. The molecule has 0 aromatic heterocycles. The van der Waals surface area contributed by atoms with Crippen LogP contribution in [0.3, 0.4) is 0 Å². The van der Waals surface area contributed by atoms with Crippen molar-refractivity contribution in [2.45, 2.75) is 161 Å². The van der Waals surface area contributed by atoms with E-state index < -0.39 is 0 Å². The van der Waals surface area contributed by atoms with Crippen molar-refractivity contribution in [3.05, 3.63) is 0 Å². The Balaban J connectivity index is 0. The van der Waals surface area contributed by atoms with E-state index in [0.717, 1.165) is 11.8 Å². The van der Waals surface area contributed by atoms with Crippen LogP contribution in [0.5, 0.6) is 0 Å². The number of rotatable bonds is 3. The lowest BCUT2D eigenvalue weighted by Crippen LogP contribution is -2.44. The van der Waals surface area contributed by atoms with Gasteiger partial charge in [-0.1, -0.05) is 116 Å². The van der Waals surface area contributed by atoms with Crippen molar-refractivity contribution in [3.63, 3.8) is 0 Å². The lowest BCUT2D eigenvalue weighted by Gasteiger charge is -2.53. The molecule has 3 fully saturated rings. The third kappa shape index (κ3) is 6.75. The van der Waals surface area contributed by atoms with Gasteiger partial charge in [-0.3, -0.25) is 0 Å². The topological polar surface area (TPSA) is 0 Å². The zero-order chi connectivity index (χ0) is 22.9. The summed E-state index contributed by atoms with van der Waals surface area (Å²) in [5, 5.41) is 0.